The molecule has 0 saturated carbocycles. The monoisotopic (exact) mass is 840 g/mol. The summed E-state index contributed by atoms with van der Waals surface area (Å²) in [6.07, 6.45) is 5.72. The number of esters is 2. The number of benzene rings is 3. The number of hydrogen-bond acceptors (Lipinski definition) is 11. The highest BCUT2D eigenvalue weighted by molar-refractivity contribution is 5.94. The van der Waals surface area contributed by atoms with E-state index in [-0.39, 0.29) is 44.8 Å². The van der Waals surface area contributed by atoms with Gasteiger partial charge in [0.1, 0.15) is 37.1 Å². The van der Waals surface area contributed by atoms with Gasteiger partial charge in [-0.25, -0.2) is 9.59 Å². The molecule has 0 spiro atoms. The number of amides is 3. The van der Waals surface area contributed by atoms with Crippen LogP contribution in [0.3, 0.4) is 0 Å². The smallest absolute Gasteiger partial charge is 0.339 e. The predicted molar refractivity (Wildman–Crippen MR) is 229 cm³/mol. The van der Waals surface area contributed by atoms with E-state index in [2.05, 4.69) is 21.9 Å². The minimum absolute atomic E-state index is 0.00643. The molecule has 3 N–H and O–H groups in total. The van der Waals surface area contributed by atoms with Crippen LogP contribution in [-0.4, -0.2) is 105 Å². The zero-order valence-electron chi connectivity index (χ0n) is 35.9. The van der Waals surface area contributed by atoms with Gasteiger partial charge in [-0.3, -0.25) is 19.3 Å². The predicted octanol–water partition coefficient (Wildman–Crippen LogP) is 4.13. The Morgan fingerprint density at radius 3 is 2.18 bits per heavy atom. The normalized spacial score (nSPS) is 15.3. The molecular weight excluding hydrogens is 781 g/mol. The van der Waals surface area contributed by atoms with E-state index in [1.54, 1.807) is 31.4 Å². The average Bonchev–Trinajstić information content (AvgIpc) is 3.26. The number of aryl methyl sites for hydroxylation is 1. The van der Waals surface area contributed by atoms with E-state index < -0.39 is 66.2 Å². The second-order valence-electron chi connectivity index (χ2n) is 15.8. The number of rotatable bonds is 23. The summed E-state index contributed by atoms with van der Waals surface area (Å²) in [7, 11) is 1.56. The molecule has 0 aromatic heterocycles. The van der Waals surface area contributed by atoms with Crippen LogP contribution in [0, 0.1) is 18.3 Å². The molecule has 3 aromatic carbocycles. The third-order valence-electron chi connectivity index (χ3n) is 10.0. The van der Waals surface area contributed by atoms with Crippen molar-refractivity contribution in [2.45, 2.75) is 96.2 Å². The van der Waals surface area contributed by atoms with Gasteiger partial charge in [0, 0.05) is 19.5 Å². The van der Waals surface area contributed by atoms with Gasteiger partial charge in [0.2, 0.25) is 17.7 Å². The number of terminal acetylenes is 1. The van der Waals surface area contributed by atoms with Gasteiger partial charge < -0.3 is 39.6 Å². The van der Waals surface area contributed by atoms with Gasteiger partial charge in [0.25, 0.3) is 0 Å². The zero-order chi connectivity index (χ0) is 44.2. The number of methoxy groups -OCH3 is 1. The van der Waals surface area contributed by atoms with Crippen molar-refractivity contribution in [1.82, 2.24) is 20.9 Å². The van der Waals surface area contributed by atoms with Crippen molar-refractivity contribution in [2.75, 3.05) is 40.1 Å². The molecule has 328 valence electrons. The fourth-order valence-electron chi connectivity index (χ4n) is 6.62. The lowest BCUT2D eigenvalue weighted by molar-refractivity contribution is -0.176. The molecule has 0 bridgehead atoms. The second-order valence-corrected chi connectivity index (χ2v) is 15.8. The largest absolute Gasteiger partial charge is 0.497 e. The Morgan fingerprint density at radius 2 is 1.57 bits per heavy atom. The molecule has 14 heteroatoms. The summed E-state index contributed by atoms with van der Waals surface area (Å²) in [6, 6.07) is 22.1. The molecular formula is C47H60N4O10. The first-order valence-electron chi connectivity index (χ1n) is 20.6. The Balaban J connectivity index is 1.68. The number of hydrogen-bond donors (Lipinski definition) is 3. The quantitative estimate of drug-likeness (QED) is 0.0713. The van der Waals surface area contributed by atoms with Gasteiger partial charge in [-0.15, -0.1) is 6.42 Å². The summed E-state index contributed by atoms with van der Waals surface area (Å²) in [5.74, 6) is -0.486. The van der Waals surface area contributed by atoms with Crippen molar-refractivity contribution in [1.29, 1.82) is 0 Å². The highest BCUT2D eigenvalue weighted by Gasteiger charge is 2.39. The molecule has 1 heterocycles. The lowest BCUT2D eigenvalue weighted by Crippen LogP contribution is -2.59. The van der Waals surface area contributed by atoms with Gasteiger partial charge in [-0.05, 0) is 67.9 Å². The van der Waals surface area contributed by atoms with E-state index >= 15 is 4.79 Å². The summed E-state index contributed by atoms with van der Waals surface area (Å²) in [6.45, 7) is 7.38. The van der Waals surface area contributed by atoms with Crippen molar-refractivity contribution >= 4 is 29.7 Å². The maximum absolute atomic E-state index is 15.0. The van der Waals surface area contributed by atoms with E-state index in [1.807, 2.05) is 74.5 Å². The first kappa shape index (κ1) is 47.9. The maximum Gasteiger partial charge on any atom is 0.339 e. The van der Waals surface area contributed by atoms with E-state index in [0.29, 0.717) is 37.4 Å². The maximum atomic E-state index is 15.0. The van der Waals surface area contributed by atoms with Crippen LogP contribution in [-0.2, 0) is 62.4 Å². The molecule has 4 rings (SSSR count). The van der Waals surface area contributed by atoms with Crippen LogP contribution in [0.4, 0.5) is 0 Å². The van der Waals surface area contributed by atoms with Crippen molar-refractivity contribution in [2.24, 2.45) is 5.92 Å². The summed E-state index contributed by atoms with van der Waals surface area (Å²) in [5.41, 5.74) is 0.888. The fraction of sp³-hybridized carbons (Fsp3) is 0.468. The molecule has 4 atom stereocenters. The van der Waals surface area contributed by atoms with Crippen LogP contribution in [0.25, 0.3) is 0 Å². The van der Waals surface area contributed by atoms with Crippen LogP contribution in [0.1, 0.15) is 63.6 Å². The summed E-state index contributed by atoms with van der Waals surface area (Å²) >= 11 is 0. The third-order valence-corrected chi connectivity index (χ3v) is 10.0. The number of carbonyl (C=O) groups excluding carboxylic acids is 5. The average molecular weight is 841 g/mol. The highest BCUT2D eigenvalue weighted by atomic mass is 16.6. The molecule has 61 heavy (non-hydrogen) atoms. The van der Waals surface area contributed by atoms with Gasteiger partial charge in [0.05, 0.1) is 26.2 Å². The molecule has 1 aliphatic rings. The van der Waals surface area contributed by atoms with Gasteiger partial charge in [-0.1, -0.05) is 92.6 Å². The molecule has 1 saturated heterocycles. The Bertz CT molecular complexity index is 1890. The minimum Gasteiger partial charge on any atom is -0.497 e. The number of morpholine rings is 1. The summed E-state index contributed by atoms with van der Waals surface area (Å²) < 4.78 is 28.0. The van der Waals surface area contributed by atoms with Crippen LogP contribution in [0.5, 0.6) is 5.75 Å². The molecule has 3 amide bonds. The van der Waals surface area contributed by atoms with Crippen molar-refractivity contribution in [3.8, 4) is 18.1 Å². The van der Waals surface area contributed by atoms with Crippen molar-refractivity contribution in [3.05, 3.63) is 102 Å². The standard InChI is InChI=1S/C47H60N4O10/c1-7-25-61-47(4,5)46(56)60-32-51(44(54)39(23-20-34-14-10-8-11-15-34)49-42(52)29-38-30-48-24-26-58-38)41(27-33(2)3)43(53)50-40(28-35-16-12-9-13-17-35)45(55)59-31-36-18-21-37(57-6)22-19-36/h1,8-19,21-22,33,38-41,48H,20,23-32H2,2-6H3,(H,49,52)(H,50,53)/t38?,39-,40-,41-/m0/s1. The van der Waals surface area contributed by atoms with Crippen LogP contribution in [0.2, 0.25) is 0 Å². The molecule has 1 aliphatic heterocycles. The van der Waals surface area contributed by atoms with Crippen molar-refractivity contribution in [3.63, 3.8) is 0 Å². The Labute approximate surface area is 359 Å². The highest BCUT2D eigenvalue weighted by Crippen LogP contribution is 2.20. The Hall–Kier alpha value is -5.75. The van der Waals surface area contributed by atoms with Crippen LogP contribution in [0.15, 0.2) is 84.9 Å². The zero-order valence-corrected chi connectivity index (χ0v) is 35.9. The fourth-order valence-corrected chi connectivity index (χ4v) is 6.62. The molecule has 0 radical (unpaired) electrons. The molecule has 1 unspecified atom stereocenters. The number of ether oxygens (including phenoxy) is 5. The number of carbonyl (C=O) groups is 5. The van der Waals surface area contributed by atoms with Crippen LogP contribution < -0.4 is 20.7 Å². The van der Waals surface area contributed by atoms with Crippen LogP contribution >= 0.6 is 0 Å². The lowest BCUT2D eigenvalue weighted by Gasteiger charge is -2.36. The number of nitrogens with one attached hydrogen (secondary N) is 3. The Morgan fingerprint density at radius 1 is 0.902 bits per heavy atom. The first-order valence-corrected chi connectivity index (χ1v) is 20.6. The van der Waals surface area contributed by atoms with Crippen molar-refractivity contribution < 1.29 is 47.7 Å². The topological polar surface area (TPSA) is 171 Å². The second kappa shape index (κ2) is 24.5. The minimum atomic E-state index is -1.50. The van der Waals surface area contributed by atoms with Gasteiger partial charge in [0.15, 0.2) is 12.3 Å². The van der Waals surface area contributed by atoms with E-state index in [4.69, 9.17) is 30.1 Å². The SMILES string of the molecule is C#CCOC(C)(C)C(=O)OCN(C(=O)[C@H](CCc1ccccc1)NC(=O)CC1CNCCO1)[C@@H](CC(C)C)C(=O)N[C@@H](Cc1ccccc1)C(=O)OCc1ccc(OC)cc1. The molecule has 1 fully saturated rings. The summed E-state index contributed by atoms with van der Waals surface area (Å²) in [4.78, 5) is 71.8. The Kier molecular flexibility index (Phi) is 19.2. The molecule has 0 aliphatic carbocycles. The number of nitrogens with zero attached hydrogens (tertiary/aromatic N) is 1. The first-order chi connectivity index (χ1) is 29.3. The van der Waals surface area contributed by atoms with Gasteiger partial charge >= 0.3 is 11.9 Å². The van der Waals surface area contributed by atoms with E-state index in [0.717, 1.165) is 16.0 Å². The third kappa shape index (κ3) is 16.0. The molecule has 3 aromatic rings. The van der Waals surface area contributed by atoms with Gasteiger partial charge in [-0.2, -0.15) is 0 Å². The molecule has 14 nitrogen and oxygen atoms in total. The van der Waals surface area contributed by atoms with E-state index in [1.165, 1.54) is 13.8 Å². The summed E-state index contributed by atoms with van der Waals surface area (Å²) in [5, 5.41) is 8.98. The van der Waals surface area contributed by atoms with E-state index in [9.17, 15) is 19.2 Å². The lowest BCUT2D eigenvalue weighted by atomic mass is 9.98.